The van der Waals surface area contributed by atoms with Gasteiger partial charge < -0.3 is 10.1 Å². The number of aryl methyl sites for hydroxylation is 1. The predicted molar refractivity (Wildman–Crippen MR) is 85.7 cm³/mol. The van der Waals surface area contributed by atoms with Crippen molar-refractivity contribution in [2.45, 2.75) is 6.92 Å². The highest BCUT2D eigenvalue weighted by atomic mass is 16.6. The average molecular weight is 324 g/mol. The molecule has 2 rings (SSSR count). The van der Waals surface area contributed by atoms with Gasteiger partial charge in [0.15, 0.2) is 0 Å². The minimum absolute atomic E-state index is 0.0912. The first-order valence-corrected chi connectivity index (χ1v) is 6.71. The van der Waals surface area contributed by atoms with E-state index < -0.39 is 10.8 Å². The first-order valence-electron chi connectivity index (χ1n) is 6.71. The second-order valence-corrected chi connectivity index (χ2v) is 4.71. The number of carbonyl (C=O) groups is 1. The molecular weight excluding hydrogens is 312 g/mol. The number of ether oxygens (including phenoxy) is 1. The Balaban J connectivity index is 2.37. The first kappa shape index (κ1) is 16.6. The molecule has 1 aromatic heterocycles. The van der Waals surface area contributed by atoms with Crippen LogP contribution in [-0.4, -0.2) is 15.8 Å². The summed E-state index contributed by atoms with van der Waals surface area (Å²) >= 11 is 0. The Morgan fingerprint density at radius 2 is 2.25 bits per heavy atom. The molecule has 0 aliphatic rings. The molecule has 24 heavy (non-hydrogen) atoms. The second-order valence-electron chi connectivity index (χ2n) is 4.71. The van der Waals surface area contributed by atoms with Gasteiger partial charge in [0.1, 0.15) is 11.8 Å². The van der Waals surface area contributed by atoms with Crippen LogP contribution < -0.4 is 10.1 Å². The summed E-state index contributed by atoms with van der Waals surface area (Å²) in [5, 5.41) is 22.8. The summed E-state index contributed by atoms with van der Waals surface area (Å²) in [6.07, 6.45) is 2.52. The molecule has 8 nitrogen and oxygen atoms in total. The van der Waals surface area contributed by atoms with E-state index in [4.69, 9.17) is 4.74 Å². The van der Waals surface area contributed by atoms with Crippen molar-refractivity contribution < 1.29 is 14.5 Å². The van der Waals surface area contributed by atoms with Crippen LogP contribution in [0.25, 0.3) is 0 Å². The standard InChI is InChI=1S/C16H12N4O4/c1-3-15(21)19-12-4-5-14(11(7-12)8-17)24-16-13(20(22)23)6-10(2)9-18-16/h3-7,9H,1H2,2H3,(H,19,21). The van der Waals surface area contributed by atoms with Crippen LogP contribution in [-0.2, 0) is 4.79 Å². The minimum atomic E-state index is -0.611. The molecule has 0 aliphatic carbocycles. The van der Waals surface area contributed by atoms with Gasteiger partial charge in [0.2, 0.25) is 5.91 Å². The van der Waals surface area contributed by atoms with Gasteiger partial charge in [0.25, 0.3) is 5.88 Å². The molecule has 0 aliphatic heterocycles. The average Bonchev–Trinajstić information content (AvgIpc) is 2.57. The predicted octanol–water partition coefficient (Wildman–Crippen LogP) is 3.09. The van der Waals surface area contributed by atoms with E-state index in [9.17, 15) is 20.2 Å². The maximum atomic E-state index is 11.3. The van der Waals surface area contributed by atoms with Crippen LogP contribution in [0.1, 0.15) is 11.1 Å². The van der Waals surface area contributed by atoms with Crippen molar-refractivity contribution in [1.82, 2.24) is 4.98 Å². The Labute approximate surface area is 137 Å². The van der Waals surface area contributed by atoms with Gasteiger partial charge in [0, 0.05) is 18.0 Å². The van der Waals surface area contributed by atoms with Gasteiger partial charge in [-0.1, -0.05) is 6.58 Å². The zero-order valence-electron chi connectivity index (χ0n) is 12.6. The lowest BCUT2D eigenvalue weighted by Gasteiger charge is -2.09. The summed E-state index contributed by atoms with van der Waals surface area (Å²) in [7, 11) is 0. The molecule has 0 saturated carbocycles. The van der Waals surface area contributed by atoms with Crippen molar-refractivity contribution in [3.63, 3.8) is 0 Å². The number of nitriles is 1. The molecule has 1 aromatic carbocycles. The summed E-state index contributed by atoms with van der Waals surface area (Å²) in [5.74, 6) is -0.554. The van der Waals surface area contributed by atoms with E-state index in [-0.39, 0.29) is 22.9 Å². The fourth-order valence-electron chi connectivity index (χ4n) is 1.83. The second kappa shape index (κ2) is 7.02. The number of hydrogen-bond donors (Lipinski definition) is 1. The molecule has 0 fully saturated rings. The van der Waals surface area contributed by atoms with E-state index >= 15 is 0 Å². The van der Waals surface area contributed by atoms with E-state index in [0.717, 1.165) is 6.08 Å². The molecule has 8 heteroatoms. The number of pyridine rings is 1. The molecular formula is C16H12N4O4. The van der Waals surface area contributed by atoms with Gasteiger partial charge in [-0.2, -0.15) is 5.26 Å². The largest absolute Gasteiger partial charge is 0.432 e. The number of hydrogen-bond acceptors (Lipinski definition) is 6. The van der Waals surface area contributed by atoms with Crippen molar-refractivity contribution >= 4 is 17.3 Å². The third-order valence-electron chi connectivity index (χ3n) is 2.93. The van der Waals surface area contributed by atoms with Gasteiger partial charge >= 0.3 is 5.69 Å². The van der Waals surface area contributed by atoms with Crippen LogP contribution in [0, 0.1) is 28.4 Å². The number of aromatic nitrogens is 1. The Morgan fingerprint density at radius 3 is 2.88 bits per heavy atom. The molecule has 0 atom stereocenters. The molecule has 2 aromatic rings. The number of carbonyl (C=O) groups excluding carboxylic acids is 1. The van der Waals surface area contributed by atoms with Crippen molar-refractivity contribution in [1.29, 1.82) is 5.26 Å². The molecule has 1 N–H and O–H groups in total. The number of amides is 1. The molecule has 120 valence electrons. The van der Waals surface area contributed by atoms with Gasteiger partial charge in [-0.25, -0.2) is 4.98 Å². The van der Waals surface area contributed by atoms with Crippen LogP contribution >= 0.6 is 0 Å². The summed E-state index contributed by atoms with van der Waals surface area (Å²) in [4.78, 5) is 25.7. The minimum Gasteiger partial charge on any atom is -0.432 e. The van der Waals surface area contributed by atoms with Crippen LogP contribution in [0.4, 0.5) is 11.4 Å². The van der Waals surface area contributed by atoms with Crippen LogP contribution in [0.2, 0.25) is 0 Å². The van der Waals surface area contributed by atoms with E-state index in [1.165, 1.54) is 30.5 Å². The SMILES string of the molecule is C=CC(=O)Nc1ccc(Oc2ncc(C)cc2[N+](=O)[O-])c(C#N)c1. The van der Waals surface area contributed by atoms with Gasteiger partial charge in [-0.3, -0.25) is 14.9 Å². The topological polar surface area (TPSA) is 118 Å². The Hall–Kier alpha value is -3.73. The van der Waals surface area contributed by atoms with E-state index in [0.29, 0.717) is 11.3 Å². The molecule has 1 heterocycles. The smallest absolute Gasteiger partial charge is 0.331 e. The lowest BCUT2D eigenvalue weighted by Crippen LogP contribution is -2.07. The van der Waals surface area contributed by atoms with Crippen molar-refractivity contribution in [2.24, 2.45) is 0 Å². The Morgan fingerprint density at radius 1 is 1.50 bits per heavy atom. The van der Waals surface area contributed by atoms with Gasteiger partial charge in [-0.15, -0.1) is 0 Å². The first-order chi connectivity index (χ1) is 11.4. The highest BCUT2D eigenvalue weighted by Gasteiger charge is 2.19. The summed E-state index contributed by atoms with van der Waals surface area (Å²) in [6, 6.07) is 7.54. The monoisotopic (exact) mass is 324 g/mol. The Kier molecular flexibility index (Phi) is 4.87. The number of nitrogens with zero attached hydrogens (tertiary/aromatic N) is 3. The number of nitro groups is 1. The van der Waals surface area contributed by atoms with E-state index in [2.05, 4.69) is 16.9 Å². The van der Waals surface area contributed by atoms with Crippen LogP contribution in [0.15, 0.2) is 43.1 Å². The fraction of sp³-hybridized carbons (Fsp3) is 0.0625. The quantitative estimate of drug-likeness (QED) is 0.513. The normalized spacial score (nSPS) is 9.67. The lowest BCUT2D eigenvalue weighted by atomic mass is 10.2. The van der Waals surface area contributed by atoms with Crippen LogP contribution in [0.3, 0.4) is 0 Å². The van der Waals surface area contributed by atoms with Gasteiger partial charge in [0.05, 0.1) is 10.5 Å². The molecule has 0 bridgehead atoms. The van der Waals surface area contributed by atoms with Gasteiger partial charge in [-0.05, 0) is 36.8 Å². The molecule has 0 spiro atoms. The zero-order valence-corrected chi connectivity index (χ0v) is 12.6. The van der Waals surface area contributed by atoms with E-state index in [1.807, 2.05) is 6.07 Å². The number of benzene rings is 1. The summed E-state index contributed by atoms with van der Waals surface area (Å²) < 4.78 is 5.43. The summed E-state index contributed by atoms with van der Waals surface area (Å²) in [5.41, 5.74) is 0.767. The zero-order chi connectivity index (χ0) is 17.7. The third-order valence-corrected chi connectivity index (χ3v) is 2.93. The highest BCUT2D eigenvalue weighted by molar-refractivity contribution is 5.99. The van der Waals surface area contributed by atoms with Crippen molar-refractivity contribution in [2.75, 3.05) is 5.32 Å². The number of anilines is 1. The van der Waals surface area contributed by atoms with Crippen molar-refractivity contribution in [3.05, 3.63) is 64.4 Å². The third kappa shape index (κ3) is 3.72. The maximum absolute atomic E-state index is 11.3. The molecule has 0 unspecified atom stereocenters. The maximum Gasteiger partial charge on any atom is 0.331 e. The molecule has 0 radical (unpaired) electrons. The number of rotatable bonds is 5. The van der Waals surface area contributed by atoms with E-state index in [1.54, 1.807) is 6.92 Å². The fourth-order valence-corrected chi connectivity index (χ4v) is 1.83. The van der Waals surface area contributed by atoms with Crippen LogP contribution in [0.5, 0.6) is 11.6 Å². The highest BCUT2D eigenvalue weighted by Crippen LogP contribution is 2.32. The van der Waals surface area contributed by atoms with Crippen molar-refractivity contribution in [3.8, 4) is 17.7 Å². The summed E-state index contributed by atoms with van der Waals surface area (Å²) in [6.45, 7) is 5.00. The lowest BCUT2D eigenvalue weighted by molar-refractivity contribution is -0.386. The molecule has 0 saturated heterocycles. The Bertz CT molecular complexity index is 871. The molecule has 1 amide bonds. The number of nitrogens with one attached hydrogen (secondary N) is 1.